The topological polar surface area (TPSA) is 102 Å². The van der Waals surface area contributed by atoms with Gasteiger partial charge in [0.15, 0.2) is 6.61 Å². The van der Waals surface area contributed by atoms with Crippen LogP contribution in [0.4, 0.5) is 10.5 Å². The highest BCUT2D eigenvalue weighted by Gasteiger charge is 2.20. The van der Waals surface area contributed by atoms with Crippen molar-refractivity contribution in [2.24, 2.45) is 0 Å². The number of carbonyl (C=O) groups excluding carboxylic acids is 4. The van der Waals surface area contributed by atoms with Crippen LogP contribution in [0.3, 0.4) is 0 Å². The van der Waals surface area contributed by atoms with Crippen LogP contribution in [0.15, 0.2) is 72.1 Å². The molecule has 0 aliphatic rings. The third-order valence-corrected chi connectivity index (χ3v) is 4.62. The van der Waals surface area contributed by atoms with Crippen LogP contribution >= 0.6 is 11.3 Å². The molecule has 0 spiro atoms. The van der Waals surface area contributed by atoms with Crippen molar-refractivity contribution in [2.75, 3.05) is 11.9 Å². The Hall–Kier alpha value is -3.78. The van der Waals surface area contributed by atoms with E-state index in [9.17, 15) is 19.2 Å². The van der Waals surface area contributed by atoms with Gasteiger partial charge in [-0.15, -0.1) is 11.3 Å². The molecule has 0 saturated heterocycles. The molecule has 29 heavy (non-hydrogen) atoms. The summed E-state index contributed by atoms with van der Waals surface area (Å²) in [6, 6.07) is 17.4. The predicted molar refractivity (Wildman–Crippen MR) is 108 cm³/mol. The normalized spacial score (nSPS) is 10.1. The van der Waals surface area contributed by atoms with Crippen LogP contribution in [-0.4, -0.2) is 30.3 Å². The Bertz CT molecular complexity index is 1030. The number of para-hydroxylation sites is 1. The lowest BCUT2D eigenvalue weighted by Crippen LogP contribution is -2.37. The van der Waals surface area contributed by atoms with Crippen molar-refractivity contribution in [3.05, 3.63) is 88.1 Å². The van der Waals surface area contributed by atoms with Gasteiger partial charge in [0.05, 0.1) is 10.4 Å². The number of urea groups is 1. The summed E-state index contributed by atoms with van der Waals surface area (Å²) in [6.45, 7) is -0.664. The van der Waals surface area contributed by atoms with Gasteiger partial charge < -0.3 is 10.1 Å². The maximum atomic E-state index is 12.6. The lowest BCUT2D eigenvalue weighted by atomic mass is 10.0. The number of esters is 1. The van der Waals surface area contributed by atoms with Gasteiger partial charge >= 0.3 is 12.0 Å². The average Bonchev–Trinajstić information content (AvgIpc) is 3.27. The highest BCUT2D eigenvalue weighted by Crippen LogP contribution is 2.19. The van der Waals surface area contributed by atoms with E-state index in [2.05, 4.69) is 10.6 Å². The molecular formula is C21H16N2O5S. The monoisotopic (exact) mass is 408 g/mol. The lowest BCUT2D eigenvalue weighted by Gasteiger charge is -2.09. The first kappa shape index (κ1) is 20.0. The molecule has 8 heteroatoms. The Morgan fingerprint density at radius 2 is 1.52 bits per heavy atom. The maximum absolute atomic E-state index is 12.6. The number of amides is 3. The van der Waals surface area contributed by atoms with E-state index in [0.717, 1.165) is 0 Å². The second kappa shape index (κ2) is 9.43. The molecule has 0 aliphatic carbocycles. The minimum absolute atomic E-state index is 0.0486. The first-order valence-electron chi connectivity index (χ1n) is 8.55. The second-order valence-corrected chi connectivity index (χ2v) is 6.74. The molecule has 0 radical (unpaired) electrons. The Kier molecular flexibility index (Phi) is 6.49. The molecule has 7 nitrogen and oxygen atoms in total. The molecule has 0 saturated carbocycles. The van der Waals surface area contributed by atoms with Gasteiger partial charge in [0, 0.05) is 11.3 Å². The largest absolute Gasteiger partial charge is 0.452 e. The fourth-order valence-electron chi connectivity index (χ4n) is 2.45. The first-order chi connectivity index (χ1) is 14.0. The fraction of sp³-hybridized carbons (Fsp3) is 0.0476. The van der Waals surface area contributed by atoms with Crippen molar-refractivity contribution in [1.29, 1.82) is 0 Å². The number of ketones is 1. The molecular weight excluding hydrogens is 392 g/mol. The van der Waals surface area contributed by atoms with Gasteiger partial charge in [-0.3, -0.25) is 14.9 Å². The molecule has 3 aromatic rings. The van der Waals surface area contributed by atoms with Crippen molar-refractivity contribution in [3.8, 4) is 0 Å². The van der Waals surface area contributed by atoms with E-state index in [4.69, 9.17) is 4.74 Å². The van der Waals surface area contributed by atoms with E-state index in [0.29, 0.717) is 10.6 Å². The van der Waals surface area contributed by atoms with Gasteiger partial charge in [-0.25, -0.2) is 9.59 Å². The number of benzene rings is 2. The molecule has 0 fully saturated rings. The number of thiophene rings is 1. The highest BCUT2D eigenvalue weighted by atomic mass is 32.1. The number of hydrogen-bond acceptors (Lipinski definition) is 6. The molecule has 3 rings (SSSR count). The summed E-state index contributed by atoms with van der Waals surface area (Å²) in [5.41, 5.74) is 0.741. The van der Waals surface area contributed by atoms with Crippen molar-refractivity contribution in [1.82, 2.24) is 5.32 Å². The zero-order valence-electron chi connectivity index (χ0n) is 15.1. The molecule has 2 aromatic carbocycles. The summed E-state index contributed by atoms with van der Waals surface area (Å²) in [5, 5.41) is 6.30. The third-order valence-electron chi connectivity index (χ3n) is 3.76. The standard InChI is InChI=1S/C21H16N2O5S/c24-18(23-21(27)22-14-7-2-1-3-8-14)13-28-20(26)16-10-5-4-9-15(16)19(25)17-11-6-12-29-17/h1-12H,13H2,(H2,22,23,24,27). The van der Waals surface area contributed by atoms with E-state index < -0.39 is 24.5 Å². The predicted octanol–water partition coefficient (Wildman–Crippen LogP) is 3.48. The Morgan fingerprint density at radius 1 is 0.828 bits per heavy atom. The second-order valence-electron chi connectivity index (χ2n) is 5.80. The molecule has 0 unspecified atom stereocenters. The maximum Gasteiger partial charge on any atom is 0.339 e. The highest BCUT2D eigenvalue weighted by molar-refractivity contribution is 7.12. The molecule has 0 atom stereocenters. The van der Waals surface area contributed by atoms with Crippen LogP contribution in [0.1, 0.15) is 25.6 Å². The van der Waals surface area contributed by atoms with E-state index in [1.165, 1.54) is 23.5 Å². The van der Waals surface area contributed by atoms with Crippen LogP contribution in [0.25, 0.3) is 0 Å². The summed E-state index contributed by atoms with van der Waals surface area (Å²) < 4.78 is 4.97. The number of rotatable bonds is 6. The number of carbonyl (C=O) groups is 4. The summed E-state index contributed by atoms with van der Waals surface area (Å²) in [5.74, 6) is -1.93. The Balaban J connectivity index is 1.57. The minimum Gasteiger partial charge on any atom is -0.452 e. The van der Waals surface area contributed by atoms with Crippen LogP contribution in [0.2, 0.25) is 0 Å². The number of nitrogens with one attached hydrogen (secondary N) is 2. The van der Waals surface area contributed by atoms with Gasteiger partial charge in [-0.05, 0) is 29.6 Å². The van der Waals surface area contributed by atoms with Crippen LogP contribution in [0, 0.1) is 0 Å². The van der Waals surface area contributed by atoms with E-state index in [-0.39, 0.29) is 16.9 Å². The molecule has 2 N–H and O–H groups in total. The fourth-order valence-corrected chi connectivity index (χ4v) is 3.13. The quantitative estimate of drug-likeness (QED) is 0.480. The third kappa shape index (κ3) is 5.36. The molecule has 3 amide bonds. The first-order valence-corrected chi connectivity index (χ1v) is 9.43. The summed E-state index contributed by atoms with van der Waals surface area (Å²) in [4.78, 5) is 49.1. The Labute approximate surface area is 170 Å². The number of anilines is 1. The van der Waals surface area contributed by atoms with Crippen molar-refractivity contribution in [3.63, 3.8) is 0 Å². The molecule has 146 valence electrons. The minimum atomic E-state index is -0.830. The number of ether oxygens (including phenoxy) is 1. The van der Waals surface area contributed by atoms with Crippen LogP contribution in [-0.2, 0) is 9.53 Å². The molecule has 0 bridgehead atoms. The van der Waals surface area contributed by atoms with E-state index >= 15 is 0 Å². The van der Waals surface area contributed by atoms with Gasteiger partial charge in [-0.1, -0.05) is 42.5 Å². The number of hydrogen-bond donors (Lipinski definition) is 2. The molecule has 1 heterocycles. The summed E-state index contributed by atoms with van der Waals surface area (Å²) in [7, 11) is 0. The van der Waals surface area contributed by atoms with Gasteiger partial charge in [-0.2, -0.15) is 0 Å². The lowest BCUT2D eigenvalue weighted by molar-refractivity contribution is -0.123. The number of imide groups is 1. The van der Waals surface area contributed by atoms with Crippen molar-refractivity contribution < 1.29 is 23.9 Å². The van der Waals surface area contributed by atoms with Crippen molar-refractivity contribution >= 4 is 40.7 Å². The zero-order valence-corrected chi connectivity index (χ0v) is 15.9. The smallest absolute Gasteiger partial charge is 0.339 e. The summed E-state index contributed by atoms with van der Waals surface area (Å²) in [6.07, 6.45) is 0. The van der Waals surface area contributed by atoms with Gasteiger partial charge in [0.25, 0.3) is 5.91 Å². The molecule has 0 aliphatic heterocycles. The van der Waals surface area contributed by atoms with E-state index in [1.807, 2.05) is 0 Å². The Morgan fingerprint density at radius 3 is 2.21 bits per heavy atom. The average molecular weight is 408 g/mol. The van der Waals surface area contributed by atoms with Crippen molar-refractivity contribution in [2.45, 2.75) is 0 Å². The van der Waals surface area contributed by atoms with Crippen LogP contribution in [0.5, 0.6) is 0 Å². The van der Waals surface area contributed by atoms with E-state index in [1.54, 1.807) is 60.0 Å². The summed E-state index contributed by atoms with van der Waals surface area (Å²) >= 11 is 1.26. The van der Waals surface area contributed by atoms with Crippen LogP contribution < -0.4 is 10.6 Å². The zero-order chi connectivity index (χ0) is 20.6. The molecule has 1 aromatic heterocycles. The van der Waals surface area contributed by atoms with Gasteiger partial charge in [0.1, 0.15) is 0 Å². The SMILES string of the molecule is O=C(COC(=O)c1ccccc1C(=O)c1cccs1)NC(=O)Nc1ccccc1. The van der Waals surface area contributed by atoms with Gasteiger partial charge in [0.2, 0.25) is 5.78 Å².